The van der Waals surface area contributed by atoms with Crippen molar-refractivity contribution in [2.75, 3.05) is 12.3 Å². The number of nitrogen functional groups attached to an aromatic ring is 1. The summed E-state index contributed by atoms with van der Waals surface area (Å²) in [6.45, 7) is 3.99. The number of hydrogen-bond donors (Lipinski definition) is 2. The van der Waals surface area contributed by atoms with Crippen molar-refractivity contribution in [1.82, 2.24) is 0 Å². The number of benzene rings is 1. The quantitative estimate of drug-likeness (QED) is 0.495. The summed E-state index contributed by atoms with van der Waals surface area (Å²) in [5.74, 6) is 7.91. The minimum absolute atomic E-state index is 0.0281. The molecule has 2 saturated carbocycles. The van der Waals surface area contributed by atoms with Gasteiger partial charge in [0.1, 0.15) is 12.4 Å². The SMILES string of the molecule is CC(=O)[C@H]1CC[C@H]2[C@@H]3CC(CC#CCO)C4=CC(=O)CCC4=C3[C@@H](c3ccc(N)cc3)C[C@]12C. The predicted octanol–water partition coefficient (Wildman–Crippen LogP) is 4.99. The van der Waals surface area contributed by atoms with Gasteiger partial charge in [-0.05, 0) is 97.1 Å². The predicted molar refractivity (Wildman–Crippen MR) is 134 cm³/mol. The highest BCUT2D eigenvalue weighted by atomic mass is 16.2. The Balaban J connectivity index is 1.67. The molecule has 5 rings (SSSR count). The van der Waals surface area contributed by atoms with E-state index in [1.165, 1.54) is 22.3 Å². The van der Waals surface area contributed by atoms with E-state index in [0.29, 0.717) is 30.5 Å². The average Bonchev–Trinajstić information content (AvgIpc) is 3.16. The second kappa shape index (κ2) is 8.86. The van der Waals surface area contributed by atoms with Gasteiger partial charge in [0.25, 0.3) is 0 Å². The van der Waals surface area contributed by atoms with Gasteiger partial charge in [-0.15, -0.1) is 5.92 Å². The zero-order valence-corrected chi connectivity index (χ0v) is 20.3. The minimum atomic E-state index is -0.137. The number of allylic oxidation sites excluding steroid dienone is 4. The Morgan fingerprint density at radius 1 is 1.18 bits per heavy atom. The average molecular weight is 458 g/mol. The van der Waals surface area contributed by atoms with E-state index in [9.17, 15) is 14.7 Å². The molecule has 4 aliphatic carbocycles. The number of carbonyl (C=O) groups excluding carboxylic acids is 2. The highest BCUT2D eigenvalue weighted by molar-refractivity contribution is 5.93. The summed E-state index contributed by atoms with van der Waals surface area (Å²) in [6.07, 6.45) is 7.91. The van der Waals surface area contributed by atoms with Crippen LogP contribution in [-0.2, 0) is 9.59 Å². The van der Waals surface area contributed by atoms with Gasteiger partial charge in [0, 0.05) is 30.4 Å². The number of aliphatic hydroxyl groups excluding tert-OH is 1. The summed E-state index contributed by atoms with van der Waals surface area (Å²) in [5.41, 5.74) is 12.1. The van der Waals surface area contributed by atoms with Crippen molar-refractivity contribution in [3.63, 3.8) is 0 Å². The Morgan fingerprint density at radius 3 is 2.65 bits per heavy atom. The molecule has 178 valence electrons. The second-order valence-corrected chi connectivity index (χ2v) is 11.0. The van der Waals surface area contributed by atoms with Crippen LogP contribution in [-0.4, -0.2) is 23.3 Å². The summed E-state index contributed by atoms with van der Waals surface area (Å²) in [7, 11) is 0. The molecule has 4 nitrogen and oxygen atoms in total. The van der Waals surface area contributed by atoms with Crippen molar-refractivity contribution in [1.29, 1.82) is 0 Å². The fraction of sp³-hybridized carbons (Fsp3) is 0.533. The highest BCUT2D eigenvalue weighted by Crippen LogP contribution is 2.66. The fourth-order valence-corrected chi connectivity index (χ4v) is 7.94. The molecule has 34 heavy (non-hydrogen) atoms. The molecule has 0 saturated heterocycles. The Hall–Kier alpha value is -2.64. The molecule has 1 aromatic rings. The van der Waals surface area contributed by atoms with Crippen LogP contribution >= 0.6 is 0 Å². The maximum Gasteiger partial charge on any atom is 0.156 e. The molecule has 0 aromatic heterocycles. The Kier molecular flexibility index (Phi) is 6.02. The van der Waals surface area contributed by atoms with Crippen LogP contribution in [0.15, 0.2) is 47.1 Å². The lowest BCUT2D eigenvalue weighted by molar-refractivity contribution is -0.125. The number of hydrogen-bond acceptors (Lipinski definition) is 4. The van der Waals surface area contributed by atoms with Crippen LogP contribution < -0.4 is 5.73 Å². The molecular weight excluding hydrogens is 422 g/mol. The Bertz CT molecular complexity index is 1130. The topological polar surface area (TPSA) is 80.4 Å². The highest BCUT2D eigenvalue weighted by Gasteiger charge is 2.58. The first-order valence-electron chi connectivity index (χ1n) is 12.7. The van der Waals surface area contributed by atoms with Crippen molar-refractivity contribution < 1.29 is 14.7 Å². The third-order valence-corrected chi connectivity index (χ3v) is 9.31. The molecule has 0 aliphatic heterocycles. The van der Waals surface area contributed by atoms with Crippen molar-refractivity contribution in [3.8, 4) is 11.8 Å². The van der Waals surface area contributed by atoms with Gasteiger partial charge < -0.3 is 10.8 Å². The van der Waals surface area contributed by atoms with Crippen LogP contribution in [0.25, 0.3) is 0 Å². The third-order valence-electron chi connectivity index (χ3n) is 9.31. The number of rotatable bonds is 3. The van der Waals surface area contributed by atoms with Crippen molar-refractivity contribution in [2.24, 2.45) is 29.1 Å². The third kappa shape index (κ3) is 3.75. The molecule has 4 heteroatoms. The summed E-state index contributed by atoms with van der Waals surface area (Å²) in [6, 6.07) is 8.28. The van der Waals surface area contributed by atoms with E-state index in [-0.39, 0.29) is 35.6 Å². The number of carbonyl (C=O) groups is 2. The lowest BCUT2D eigenvalue weighted by Gasteiger charge is -2.53. The van der Waals surface area contributed by atoms with Gasteiger partial charge in [0.05, 0.1) is 0 Å². The van der Waals surface area contributed by atoms with Crippen LogP contribution in [0.3, 0.4) is 0 Å². The zero-order chi connectivity index (χ0) is 24.0. The molecule has 0 heterocycles. The van der Waals surface area contributed by atoms with E-state index in [1.807, 2.05) is 18.2 Å². The van der Waals surface area contributed by atoms with Crippen LogP contribution in [0.2, 0.25) is 0 Å². The van der Waals surface area contributed by atoms with Crippen LogP contribution in [0.1, 0.15) is 70.3 Å². The molecule has 1 aromatic carbocycles. The molecule has 0 spiro atoms. The molecular formula is C30H35NO3. The second-order valence-electron chi connectivity index (χ2n) is 11.0. The zero-order valence-electron chi connectivity index (χ0n) is 20.3. The monoisotopic (exact) mass is 457 g/mol. The summed E-state index contributed by atoms with van der Waals surface area (Å²) in [5, 5.41) is 9.18. The maximum absolute atomic E-state index is 12.7. The lowest BCUT2D eigenvalue weighted by Crippen LogP contribution is -2.45. The number of ketones is 2. The van der Waals surface area contributed by atoms with Gasteiger partial charge in [0.2, 0.25) is 0 Å². The van der Waals surface area contributed by atoms with Crippen LogP contribution in [0.4, 0.5) is 5.69 Å². The van der Waals surface area contributed by atoms with Gasteiger partial charge >= 0.3 is 0 Å². The number of Topliss-reactive ketones (excluding diaryl/α,β-unsaturated/α-hetero) is 1. The molecule has 4 aliphatic rings. The lowest BCUT2D eigenvalue weighted by atomic mass is 9.50. The number of anilines is 1. The number of nitrogens with two attached hydrogens (primary N) is 1. The fourth-order valence-electron chi connectivity index (χ4n) is 7.94. The van der Waals surface area contributed by atoms with Gasteiger partial charge in [-0.1, -0.05) is 30.6 Å². The van der Waals surface area contributed by atoms with E-state index in [0.717, 1.165) is 37.8 Å². The molecule has 3 N–H and O–H groups in total. The first kappa shape index (κ1) is 23.1. The molecule has 0 amide bonds. The largest absolute Gasteiger partial charge is 0.399 e. The molecule has 0 bridgehead atoms. The van der Waals surface area contributed by atoms with E-state index in [4.69, 9.17) is 5.73 Å². The number of aliphatic hydroxyl groups is 1. The standard InChI is InChI=1S/C30H35NO3/c1-18(33)27-12-13-28-25-15-20(5-3-4-14-32)24-16-22(34)10-11-23(24)29(25)26(17-30(27,28)2)19-6-8-21(31)9-7-19/h6-9,16,20,25-28,32H,5,10-15,17,31H2,1-2H3/t20?,25-,26+,27+,28-,30+/m0/s1. The maximum atomic E-state index is 12.7. The van der Waals surface area contributed by atoms with E-state index in [2.05, 4.69) is 30.9 Å². The van der Waals surface area contributed by atoms with E-state index in [1.54, 1.807) is 6.92 Å². The first-order chi connectivity index (χ1) is 16.3. The van der Waals surface area contributed by atoms with E-state index >= 15 is 0 Å². The smallest absolute Gasteiger partial charge is 0.156 e. The van der Waals surface area contributed by atoms with Gasteiger partial charge in [0.15, 0.2) is 5.78 Å². The normalized spacial score (nSPS) is 34.4. The Labute approximate surface area is 202 Å². The summed E-state index contributed by atoms with van der Waals surface area (Å²) in [4.78, 5) is 25.2. The van der Waals surface area contributed by atoms with Gasteiger partial charge in [-0.3, -0.25) is 9.59 Å². The molecule has 2 fully saturated rings. The van der Waals surface area contributed by atoms with Gasteiger partial charge in [-0.2, -0.15) is 0 Å². The van der Waals surface area contributed by atoms with Crippen LogP contribution in [0.5, 0.6) is 0 Å². The Morgan fingerprint density at radius 2 is 1.94 bits per heavy atom. The van der Waals surface area contributed by atoms with Crippen molar-refractivity contribution in [3.05, 3.63) is 52.6 Å². The van der Waals surface area contributed by atoms with Crippen LogP contribution in [0, 0.1) is 40.9 Å². The van der Waals surface area contributed by atoms with Crippen molar-refractivity contribution in [2.45, 2.75) is 64.7 Å². The van der Waals surface area contributed by atoms with E-state index < -0.39 is 0 Å². The minimum Gasteiger partial charge on any atom is -0.399 e. The number of fused-ring (bicyclic) bond motifs is 4. The molecule has 6 atom stereocenters. The summed E-state index contributed by atoms with van der Waals surface area (Å²) >= 11 is 0. The molecule has 1 unspecified atom stereocenters. The van der Waals surface area contributed by atoms with Crippen molar-refractivity contribution >= 4 is 17.3 Å². The summed E-state index contributed by atoms with van der Waals surface area (Å²) < 4.78 is 0. The first-order valence-corrected chi connectivity index (χ1v) is 12.7. The van der Waals surface area contributed by atoms with Gasteiger partial charge in [-0.25, -0.2) is 0 Å². The molecule has 0 radical (unpaired) electrons.